The molecule has 3 aromatic rings. The number of amides is 1. The summed E-state index contributed by atoms with van der Waals surface area (Å²) in [6.07, 6.45) is 4.81. The van der Waals surface area contributed by atoms with E-state index in [2.05, 4.69) is 25.5 Å². The number of hydrogen-bond acceptors (Lipinski definition) is 7. The number of furan rings is 2. The molecule has 8 heteroatoms. The highest BCUT2D eigenvalue weighted by Crippen LogP contribution is 2.23. The number of carbonyl (C=O) groups excluding carboxylic acids is 1. The fourth-order valence-corrected chi connectivity index (χ4v) is 3.45. The lowest BCUT2D eigenvalue weighted by Crippen LogP contribution is -2.41. The maximum Gasteiger partial charge on any atom is 0.227 e. The summed E-state index contributed by atoms with van der Waals surface area (Å²) in [6, 6.07) is 9.38. The van der Waals surface area contributed by atoms with Crippen LogP contribution in [0.15, 0.2) is 51.7 Å². The second kappa shape index (κ2) is 8.81. The summed E-state index contributed by atoms with van der Waals surface area (Å²) in [5.41, 5.74) is 0.898. The molecule has 4 rings (SSSR count). The molecule has 1 saturated heterocycles. The number of nitrogens with zero attached hydrogens (tertiary/aromatic N) is 3. The van der Waals surface area contributed by atoms with E-state index >= 15 is 0 Å². The molecule has 0 aromatic carbocycles. The summed E-state index contributed by atoms with van der Waals surface area (Å²) < 4.78 is 10.6. The van der Waals surface area contributed by atoms with Gasteiger partial charge in [0, 0.05) is 30.8 Å². The van der Waals surface area contributed by atoms with Crippen LogP contribution in [0.4, 0.5) is 11.8 Å². The van der Waals surface area contributed by atoms with Crippen molar-refractivity contribution in [2.45, 2.75) is 32.9 Å². The zero-order valence-corrected chi connectivity index (χ0v) is 16.4. The number of hydrogen-bond donors (Lipinski definition) is 2. The molecule has 1 aliphatic heterocycles. The molecule has 0 unspecified atom stereocenters. The lowest BCUT2D eigenvalue weighted by atomic mass is 9.96. The van der Waals surface area contributed by atoms with Gasteiger partial charge in [-0.1, -0.05) is 0 Å². The number of piperidine rings is 1. The third kappa shape index (κ3) is 4.96. The van der Waals surface area contributed by atoms with Crippen LogP contribution in [0.1, 0.15) is 30.1 Å². The van der Waals surface area contributed by atoms with E-state index in [1.165, 1.54) is 0 Å². The molecule has 0 saturated carbocycles. The molecule has 0 radical (unpaired) electrons. The maximum absolute atomic E-state index is 12.4. The van der Waals surface area contributed by atoms with E-state index in [0.29, 0.717) is 19.0 Å². The van der Waals surface area contributed by atoms with Crippen LogP contribution in [0.2, 0.25) is 0 Å². The van der Waals surface area contributed by atoms with Gasteiger partial charge in [0.05, 0.1) is 25.6 Å². The van der Waals surface area contributed by atoms with Gasteiger partial charge in [-0.25, -0.2) is 4.98 Å². The zero-order valence-electron chi connectivity index (χ0n) is 16.4. The normalized spacial score (nSPS) is 14.7. The van der Waals surface area contributed by atoms with Gasteiger partial charge in [0.15, 0.2) is 0 Å². The molecule has 4 heterocycles. The van der Waals surface area contributed by atoms with E-state index in [-0.39, 0.29) is 11.8 Å². The number of aryl methyl sites for hydroxylation is 1. The number of aromatic nitrogens is 2. The first-order valence-corrected chi connectivity index (χ1v) is 9.84. The third-order valence-corrected chi connectivity index (χ3v) is 5.03. The topological polar surface area (TPSA) is 96.4 Å². The molecule has 0 atom stereocenters. The maximum atomic E-state index is 12.4. The van der Waals surface area contributed by atoms with E-state index in [9.17, 15) is 4.79 Å². The monoisotopic (exact) mass is 395 g/mol. The van der Waals surface area contributed by atoms with E-state index in [0.717, 1.165) is 49.0 Å². The summed E-state index contributed by atoms with van der Waals surface area (Å²) in [5.74, 6) is 3.15. The van der Waals surface area contributed by atoms with Crippen LogP contribution in [0, 0.1) is 12.8 Å². The molecule has 1 fully saturated rings. The zero-order chi connectivity index (χ0) is 20.1. The smallest absolute Gasteiger partial charge is 0.227 e. The SMILES string of the molecule is Cc1cc(NCc2ccco2)nc(N2CCC(C(=O)NCc3ccco3)CC2)n1. The first-order chi connectivity index (χ1) is 14.2. The molecule has 0 bridgehead atoms. The molecule has 0 aliphatic carbocycles. The van der Waals surface area contributed by atoms with Crippen molar-refractivity contribution in [1.29, 1.82) is 0 Å². The van der Waals surface area contributed by atoms with Crippen molar-refractivity contribution in [3.63, 3.8) is 0 Å². The van der Waals surface area contributed by atoms with Crippen molar-refractivity contribution in [3.8, 4) is 0 Å². The van der Waals surface area contributed by atoms with Gasteiger partial charge >= 0.3 is 0 Å². The van der Waals surface area contributed by atoms with Gasteiger partial charge in [0.25, 0.3) is 0 Å². The van der Waals surface area contributed by atoms with Crippen LogP contribution >= 0.6 is 0 Å². The van der Waals surface area contributed by atoms with Crippen molar-refractivity contribution < 1.29 is 13.6 Å². The number of carbonyl (C=O) groups is 1. The van der Waals surface area contributed by atoms with Gasteiger partial charge in [-0.2, -0.15) is 4.98 Å². The Morgan fingerprint density at radius 2 is 1.79 bits per heavy atom. The van der Waals surface area contributed by atoms with Crippen molar-refractivity contribution >= 4 is 17.7 Å². The van der Waals surface area contributed by atoms with E-state index in [1.54, 1.807) is 12.5 Å². The van der Waals surface area contributed by atoms with Gasteiger partial charge in [0.2, 0.25) is 11.9 Å². The lowest BCUT2D eigenvalue weighted by Gasteiger charge is -2.31. The molecule has 0 spiro atoms. The molecule has 29 heavy (non-hydrogen) atoms. The first kappa shape index (κ1) is 19.0. The predicted octanol–water partition coefficient (Wildman–Crippen LogP) is 3.12. The van der Waals surface area contributed by atoms with Crippen LogP contribution in [0.3, 0.4) is 0 Å². The Morgan fingerprint density at radius 3 is 2.45 bits per heavy atom. The summed E-state index contributed by atoms with van der Waals surface area (Å²) in [5, 5.41) is 6.24. The average Bonchev–Trinajstić information content (AvgIpc) is 3.44. The lowest BCUT2D eigenvalue weighted by molar-refractivity contribution is -0.125. The quantitative estimate of drug-likeness (QED) is 0.634. The van der Waals surface area contributed by atoms with Gasteiger partial charge in [-0.3, -0.25) is 4.79 Å². The van der Waals surface area contributed by atoms with Crippen molar-refractivity contribution in [3.05, 3.63) is 60.1 Å². The molecule has 2 N–H and O–H groups in total. The summed E-state index contributed by atoms with van der Waals surface area (Å²) >= 11 is 0. The van der Waals surface area contributed by atoms with E-state index < -0.39 is 0 Å². The van der Waals surface area contributed by atoms with Gasteiger partial charge in [0.1, 0.15) is 17.3 Å². The minimum Gasteiger partial charge on any atom is -0.467 e. The van der Waals surface area contributed by atoms with Gasteiger partial charge < -0.3 is 24.4 Å². The van der Waals surface area contributed by atoms with Gasteiger partial charge in [-0.15, -0.1) is 0 Å². The first-order valence-electron chi connectivity index (χ1n) is 9.84. The Kier molecular flexibility index (Phi) is 5.79. The minimum absolute atomic E-state index is 0.00238. The van der Waals surface area contributed by atoms with Crippen LogP contribution in [-0.4, -0.2) is 29.0 Å². The number of nitrogens with one attached hydrogen (secondary N) is 2. The van der Waals surface area contributed by atoms with E-state index in [4.69, 9.17) is 8.83 Å². The highest BCUT2D eigenvalue weighted by Gasteiger charge is 2.26. The highest BCUT2D eigenvalue weighted by atomic mass is 16.3. The Labute approximate surface area is 169 Å². The molecule has 152 valence electrons. The second-order valence-electron chi connectivity index (χ2n) is 7.19. The average molecular weight is 395 g/mol. The second-order valence-corrected chi connectivity index (χ2v) is 7.19. The largest absolute Gasteiger partial charge is 0.467 e. The van der Waals surface area contributed by atoms with Crippen LogP contribution < -0.4 is 15.5 Å². The molecule has 8 nitrogen and oxygen atoms in total. The third-order valence-electron chi connectivity index (χ3n) is 5.03. The fraction of sp³-hybridized carbons (Fsp3) is 0.381. The van der Waals surface area contributed by atoms with Crippen LogP contribution in [0.5, 0.6) is 0 Å². The molecule has 1 amide bonds. The Bertz CT molecular complexity index is 916. The summed E-state index contributed by atoms with van der Waals surface area (Å²) in [6.45, 7) is 4.45. The van der Waals surface area contributed by atoms with Crippen LogP contribution in [-0.2, 0) is 17.9 Å². The highest BCUT2D eigenvalue weighted by molar-refractivity contribution is 5.78. The molecular weight excluding hydrogens is 370 g/mol. The van der Waals surface area contributed by atoms with Crippen molar-refractivity contribution in [1.82, 2.24) is 15.3 Å². The van der Waals surface area contributed by atoms with E-state index in [1.807, 2.05) is 37.3 Å². The molecule has 1 aliphatic rings. The Hall–Kier alpha value is -3.29. The van der Waals surface area contributed by atoms with Crippen molar-refractivity contribution in [2.24, 2.45) is 5.92 Å². The van der Waals surface area contributed by atoms with Crippen molar-refractivity contribution in [2.75, 3.05) is 23.3 Å². The molecule has 3 aromatic heterocycles. The number of anilines is 2. The minimum atomic E-state index is 0.00238. The Balaban J connectivity index is 1.31. The standard InChI is InChI=1S/C21H25N5O3/c1-15-12-19(22-13-17-4-2-10-28-17)25-21(24-15)26-8-6-16(7-9-26)20(27)23-14-18-5-3-11-29-18/h2-5,10-12,16H,6-9,13-14H2,1H3,(H,23,27)(H,22,24,25). The van der Waals surface area contributed by atoms with Crippen LogP contribution in [0.25, 0.3) is 0 Å². The predicted molar refractivity (Wildman–Crippen MR) is 108 cm³/mol. The summed E-state index contributed by atoms with van der Waals surface area (Å²) in [7, 11) is 0. The molecular formula is C21H25N5O3. The fourth-order valence-electron chi connectivity index (χ4n) is 3.45. The Morgan fingerprint density at radius 1 is 1.10 bits per heavy atom. The number of rotatable bonds is 7. The van der Waals surface area contributed by atoms with Gasteiger partial charge in [-0.05, 0) is 44.0 Å². The summed E-state index contributed by atoms with van der Waals surface area (Å²) in [4.78, 5) is 23.8.